The highest BCUT2D eigenvalue weighted by molar-refractivity contribution is 5.34. The molecule has 1 unspecified atom stereocenters. The second kappa shape index (κ2) is 5.19. The van der Waals surface area contributed by atoms with Gasteiger partial charge >= 0.3 is 0 Å². The van der Waals surface area contributed by atoms with E-state index in [0.29, 0.717) is 11.7 Å². The summed E-state index contributed by atoms with van der Waals surface area (Å²) in [4.78, 5) is 0. The minimum atomic E-state index is 0.341. The topological polar surface area (TPSA) is 38.1 Å². The fourth-order valence-electron chi connectivity index (χ4n) is 1.78. The van der Waals surface area contributed by atoms with Crippen LogP contribution in [0, 0.1) is 0 Å². The summed E-state index contributed by atoms with van der Waals surface area (Å²) in [7, 11) is 0. The van der Waals surface area contributed by atoms with Crippen LogP contribution in [0.2, 0.25) is 0 Å². The maximum atomic E-state index is 10.1. The average molecular weight is 210 g/mol. The Morgan fingerprint density at radius 1 is 1.33 bits per heavy atom. The molecule has 1 heterocycles. The van der Waals surface area contributed by atoms with Crippen LogP contribution in [0.4, 0.5) is 0 Å². The van der Waals surface area contributed by atoms with Crippen molar-refractivity contribution in [1.82, 2.24) is 9.78 Å². The quantitative estimate of drug-likeness (QED) is 0.811. The molecular formula is C12H22N2O. The predicted octanol–water partition coefficient (Wildman–Crippen LogP) is 3.07. The number of hydrogen-bond acceptors (Lipinski definition) is 2. The molecule has 1 aromatic rings. The van der Waals surface area contributed by atoms with Gasteiger partial charge in [-0.05, 0) is 19.8 Å². The predicted molar refractivity (Wildman–Crippen MR) is 62.3 cm³/mol. The van der Waals surface area contributed by atoms with Crippen molar-refractivity contribution in [2.45, 2.75) is 59.4 Å². The van der Waals surface area contributed by atoms with Crippen LogP contribution in [0.15, 0.2) is 0 Å². The van der Waals surface area contributed by atoms with Gasteiger partial charge < -0.3 is 5.11 Å². The number of aromatic hydroxyl groups is 1. The Morgan fingerprint density at radius 3 is 2.47 bits per heavy atom. The summed E-state index contributed by atoms with van der Waals surface area (Å²) in [5.41, 5.74) is 1.86. The van der Waals surface area contributed by atoms with Crippen LogP contribution in [-0.2, 0) is 13.0 Å². The molecule has 0 aliphatic rings. The highest BCUT2D eigenvalue weighted by Gasteiger charge is 2.19. The summed E-state index contributed by atoms with van der Waals surface area (Å²) in [6, 6.07) is 0. The third kappa shape index (κ3) is 2.33. The van der Waals surface area contributed by atoms with E-state index < -0.39 is 0 Å². The molecule has 15 heavy (non-hydrogen) atoms. The maximum Gasteiger partial charge on any atom is 0.160 e. The van der Waals surface area contributed by atoms with E-state index in [2.05, 4.69) is 32.8 Å². The molecule has 0 aliphatic carbocycles. The molecule has 1 rings (SSSR count). The van der Waals surface area contributed by atoms with Gasteiger partial charge in [-0.15, -0.1) is 0 Å². The van der Waals surface area contributed by atoms with Crippen LogP contribution in [0.25, 0.3) is 0 Å². The van der Waals surface area contributed by atoms with E-state index in [4.69, 9.17) is 0 Å². The van der Waals surface area contributed by atoms with Crippen molar-refractivity contribution in [3.8, 4) is 5.75 Å². The molecule has 0 aromatic carbocycles. The molecular weight excluding hydrogens is 188 g/mol. The molecule has 1 N–H and O–H groups in total. The van der Waals surface area contributed by atoms with Crippen LogP contribution in [0.1, 0.15) is 57.8 Å². The average Bonchev–Trinajstić information content (AvgIpc) is 2.56. The minimum Gasteiger partial charge on any atom is -0.504 e. The third-order valence-corrected chi connectivity index (χ3v) is 2.92. The van der Waals surface area contributed by atoms with Crippen molar-refractivity contribution in [1.29, 1.82) is 0 Å². The van der Waals surface area contributed by atoms with Gasteiger partial charge in [0.15, 0.2) is 5.75 Å². The lowest BCUT2D eigenvalue weighted by Crippen LogP contribution is -2.03. The SMILES string of the molecule is CCCc1c(O)c(C(C)CC)nn1CC. The van der Waals surface area contributed by atoms with Gasteiger partial charge in [0.05, 0.1) is 5.69 Å². The van der Waals surface area contributed by atoms with Gasteiger partial charge in [0.2, 0.25) is 0 Å². The molecule has 0 spiro atoms. The Morgan fingerprint density at radius 2 is 2.00 bits per heavy atom. The number of aryl methyl sites for hydroxylation is 1. The van der Waals surface area contributed by atoms with Crippen LogP contribution in [0.3, 0.4) is 0 Å². The van der Waals surface area contributed by atoms with Crippen LogP contribution < -0.4 is 0 Å². The van der Waals surface area contributed by atoms with Crippen molar-refractivity contribution >= 4 is 0 Å². The number of nitrogens with zero attached hydrogens (tertiary/aromatic N) is 2. The fourth-order valence-corrected chi connectivity index (χ4v) is 1.78. The molecule has 0 saturated heterocycles. The van der Waals surface area contributed by atoms with Crippen molar-refractivity contribution in [3.63, 3.8) is 0 Å². The second-order valence-electron chi connectivity index (χ2n) is 4.06. The van der Waals surface area contributed by atoms with Gasteiger partial charge in [-0.1, -0.05) is 27.2 Å². The Balaban J connectivity index is 3.09. The lowest BCUT2D eigenvalue weighted by Gasteiger charge is -2.04. The van der Waals surface area contributed by atoms with Gasteiger partial charge in [0.1, 0.15) is 5.69 Å². The van der Waals surface area contributed by atoms with E-state index in [0.717, 1.165) is 37.2 Å². The second-order valence-corrected chi connectivity index (χ2v) is 4.06. The van der Waals surface area contributed by atoms with Gasteiger partial charge in [-0.25, -0.2) is 0 Å². The highest BCUT2D eigenvalue weighted by Crippen LogP contribution is 2.30. The van der Waals surface area contributed by atoms with Crippen LogP contribution >= 0.6 is 0 Å². The first-order valence-corrected chi connectivity index (χ1v) is 5.94. The first kappa shape index (κ1) is 12.1. The van der Waals surface area contributed by atoms with Gasteiger partial charge in [0, 0.05) is 12.5 Å². The molecule has 0 aliphatic heterocycles. The largest absolute Gasteiger partial charge is 0.504 e. The van der Waals surface area contributed by atoms with Crippen molar-refractivity contribution in [2.24, 2.45) is 0 Å². The van der Waals surface area contributed by atoms with E-state index in [9.17, 15) is 5.11 Å². The molecule has 0 radical (unpaired) electrons. The third-order valence-electron chi connectivity index (χ3n) is 2.92. The molecule has 86 valence electrons. The van der Waals surface area contributed by atoms with E-state index in [1.54, 1.807) is 0 Å². The van der Waals surface area contributed by atoms with Gasteiger partial charge in [-0.3, -0.25) is 4.68 Å². The minimum absolute atomic E-state index is 0.341. The zero-order chi connectivity index (χ0) is 11.4. The summed E-state index contributed by atoms with van der Waals surface area (Å²) in [5.74, 6) is 0.765. The normalized spacial score (nSPS) is 13.1. The van der Waals surface area contributed by atoms with E-state index in [1.807, 2.05) is 4.68 Å². The molecule has 0 fully saturated rings. The zero-order valence-electron chi connectivity index (χ0n) is 10.2. The first-order chi connectivity index (χ1) is 7.15. The Hall–Kier alpha value is -0.990. The first-order valence-electron chi connectivity index (χ1n) is 5.94. The summed E-state index contributed by atoms with van der Waals surface area (Å²) in [6.45, 7) is 9.24. The Bertz CT molecular complexity index is 318. The van der Waals surface area contributed by atoms with Crippen molar-refractivity contribution < 1.29 is 5.11 Å². The number of rotatable bonds is 5. The number of hydrogen-bond donors (Lipinski definition) is 1. The molecule has 1 atom stereocenters. The maximum absolute atomic E-state index is 10.1. The van der Waals surface area contributed by atoms with Crippen molar-refractivity contribution in [2.75, 3.05) is 0 Å². The van der Waals surface area contributed by atoms with E-state index >= 15 is 0 Å². The molecule has 0 bridgehead atoms. The standard InChI is InChI=1S/C12H22N2O/c1-5-8-10-12(15)11(9(4)6-2)13-14(10)7-3/h9,15H,5-8H2,1-4H3. The summed E-state index contributed by atoms with van der Waals surface area (Å²) < 4.78 is 1.93. The summed E-state index contributed by atoms with van der Waals surface area (Å²) in [6.07, 6.45) is 2.96. The smallest absolute Gasteiger partial charge is 0.160 e. The molecule has 1 aromatic heterocycles. The highest BCUT2D eigenvalue weighted by atomic mass is 16.3. The van der Waals surface area contributed by atoms with E-state index in [-0.39, 0.29) is 0 Å². The Labute approximate surface area is 92.1 Å². The number of aromatic nitrogens is 2. The van der Waals surface area contributed by atoms with Crippen molar-refractivity contribution in [3.05, 3.63) is 11.4 Å². The lowest BCUT2D eigenvalue weighted by molar-refractivity contribution is 0.453. The summed E-state index contributed by atoms with van der Waals surface area (Å²) >= 11 is 0. The fraction of sp³-hybridized carbons (Fsp3) is 0.750. The van der Waals surface area contributed by atoms with E-state index in [1.165, 1.54) is 0 Å². The zero-order valence-corrected chi connectivity index (χ0v) is 10.2. The molecule has 0 amide bonds. The molecule has 0 saturated carbocycles. The summed E-state index contributed by atoms with van der Waals surface area (Å²) in [5, 5.41) is 14.6. The Kier molecular flexibility index (Phi) is 4.18. The monoisotopic (exact) mass is 210 g/mol. The van der Waals surface area contributed by atoms with Gasteiger partial charge in [-0.2, -0.15) is 5.10 Å². The molecule has 3 nitrogen and oxygen atoms in total. The van der Waals surface area contributed by atoms with Crippen LogP contribution in [-0.4, -0.2) is 14.9 Å². The molecule has 3 heteroatoms. The van der Waals surface area contributed by atoms with Gasteiger partial charge in [0.25, 0.3) is 0 Å². The lowest BCUT2D eigenvalue weighted by atomic mass is 10.0. The van der Waals surface area contributed by atoms with Crippen LogP contribution in [0.5, 0.6) is 5.75 Å².